The maximum absolute atomic E-state index is 12.1. The zero-order valence-electron chi connectivity index (χ0n) is 11.1. The fraction of sp³-hybridized carbons (Fsp3) is 0.667. The summed E-state index contributed by atoms with van der Waals surface area (Å²) in [6.45, 7) is 8.52. The largest absolute Gasteiger partial charge is 0.380 e. The highest BCUT2D eigenvalue weighted by molar-refractivity contribution is 7.73. The maximum atomic E-state index is 12.1. The molecule has 1 amide bonds. The van der Waals surface area contributed by atoms with Crippen LogP contribution in [0.2, 0.25) is 0 Å². The lowest BCUT2D eigenvalue weighted by Gasteiger charge is -2.20. The lowest BCUT2D eigenvalue weighted by molar-refractivity contribution is -0.131. The normalized spacial score (nSPS) is 10.6. The van der Waals surface area contributed by atoms with E-state index in [1.807, 2.05) is 25.7 Å². The Hall–Kier alpha value is -0.720. The Morgan fingerprint density at radius 2 is 2.22 bits per heavy atom. The van der Waals surface area contributed by atoms with Crippen LogP contribution in [0.1, 0.15) is 24.4 Å². The molecule has 1 N–H and O–H groups in total. The minimum absolute atomic E-state index is 0.130. The topological polar surface area (TPSA) is 45.3 Å². The third-order valence-corrected chi connectivity index (χ3v) is 4.02. The van der Waals surface area contributed by atoms with Crippen molar-refractivity contribution < 1.29 is 9.53 Å². The highest BCUT2D eigenvalue weighted by atomic mass is 32.1. The van der Waals surface area contributed by atoms with Crippen molar-refractivity contribution in [1.29, 1.82) is 0 Å². The minimum Gasteiger partial charge on any atom is -0.380 e. The number of likely N-dealkylation sites (N-methyl/N-ethyl adjacent to an activating group) is 1. The van der Waals surface area contributed by atoms with Crippen LogP contribution in [0.25, 0.3) is 0 Å². The van der Waals surface area contributed by atoms with Gasteiger partial charge in [-0.15, -0.1) is 11.3 Å². The molecule has 18 heavy (non-hydrogen) atoms. The van der Waals surface area contributed by atoms with Crippen molar-refractivity contribution in [3.63, 3.8) is 0 Å². The Morgan fingerprint density at radius 1 is 1.50 bits per heavy atom. The number of thiazole rings is 1. The summed E-state index contributed by atoms with van der Waals surface area (Å²) in [7, 11) is 0. The number of carbonyl (C=O) groups is 1. The predicted molar refractivity (Wildman–Crippen MR) is 76.7 cm³/mol. The van der Waals surface area contributed by atoms with Gasteiger partial charge in [-0.2, -0.15) is 0 Å². The van der Waals surface area contributed by atoms with Gasteiger partial charge in [0.25, 0.3) is 0 Å². The molecule has 0 fully saturated rings. The van der Waals surface area contributed by atoms with E-state index in [1.165, 1.54) is 11.3 Å². The molecule has 0 aromatic carbocycles. The van der Waals surface area contributed by atoms with Crippen LogP contribution in [0, 0.1) is 10.9 Å². The smallest absolute Gasteiger partial charge is 0.227 e. The van der Waals surface area contributed by atoms with Crippen molar-refractivity contribution >= 4 is 29.5 Å². The van der Waals surface area contributed by atoms with Gasteiger partial charge in [0.2, 0.25) is 5.91 Å². The van der Waals surface area contributed by atoms with E-state index < -0.39 is 0 Å². The van der Waals surface area contributed by atoms with E-state index >= 15 is 0 Å². The number of nitrogens with zero attached hydrogens (tertiary/aromatic N) is 1. The van der Waals surface area contributed by atoms with Crippen molar-refractivity contribution in [3.05, 3.63) is 14.5 Å². The number of aryl methyl sites for hydroxylation is 1. The van der Waals surface area contributed by atoms with Gasteiger partial charge in [-0.3, -0.25) is 4.79 Å². The molecule has 1 aromatic heterocycles. The Morgan fingerprint density at radius 3 is 2.72 bits per heavy atom. The number of hydrogen-bond acceptors (Lipinski definition) is 4. The number of hydrogen-bond donors (Lipinski definition) is 1. The van der Waals surface area contributed by atoms with Crippen molar-refractivity contribution in [2.45, 2.75) is 27.2 Å². The van der Waals surface area contributed by atoms with Crippen molar-refractivity contribution in [2.24, 2.45) is 0 Å². The zero-order valence-corrected chi connectivity index (χ0v) is 12.7. The number of carbonyl (C=O) groups excluding carboxylic acids is 1. The number of ether oxygens (including phenoxy) is 1. The molecule has 102 valence electrons. The SMILES string of the molecule is CCOCCN(CC)C(=O)Cc1sc(=S)[nH]c1C. The first kappa shape index (κ1) is 15.3. The quantitative estimate of drug-likeness (QED) is 0.619. The minimum atomic E-state index is 0.130. The molecule has 0 atom stereocenters. The lowest BCUT2D eigenvalue weighted by Crippen LogP contribution is -2.34. The van der Waals surface area contributed by atoms with Crippen LogP contribution in [0.3, 0.4) is 0 Å². The van der Waals surface area contributed by atoms with Gasteiger partial charge in [0, 0.05) is 30.3 Å². The molecular formula is C12H20N2O2S2. The number of aromatic nitrogens is 1. The third-order valence-electron chi connectivity index (χ3n) is 2.68. The fourth-order valence-electron chi connectivity index (χ4n) is 1.63. The highest BCUT2D eigenvalue weighted by Gasteiger charge is 2.14. The van der Waals surface area contributed by atoms with Gasteiger partial charge >= 0.3 is 0 Å². The molecule has 4 nitrogen and oxygen atoms in total. The molecule has 1 rings (SSSR count). The predicted octanol–water partition coefficient (Wildman–Crippen LogP) is 2.54. The summed E-state index contributed by atoms with van der Waals surface area (Å²) in [6, 6.07) is 0. The number of nitrogens with one attached hydrogen (secondary N) is 1. The van der Waals surface area contributed by atoms with E-state index in [9.17, 15) is 4.79 Å². The number of H-pyrrole nitrogens is 1. The van der Waals surface area contributed by atoms with E-state index in [0.717, 1.165) is 14.5 Å². The van der Waals surface area contributed by atoms with E-state index in [2.05, 4.69) is 4.98 Å². The summed E-state index contributed by atoms with van der Waals surface area (Å²) in [4.78, 5) is 18.0. The first-order valence-corrected chi connectivity index (χ1v) is 7.35. The standard InChI is InChI=1S/C12H20N2O2S2/c1-4-14(6-7-16-5-2)11(15)8-10-9(3)13-12(17)18-10/h4-8H2,1-3H3,(H,13,17). The summed E-state index contributed by atoms with van der Waals surface area (Å²) in [5.41, 5.74) is 0.999. The fourth-order valence-corrected chi connectivity index (χ4v) is 2.92. The molecule has 0 radical (unpaired) electrons. The molecule has 0 aliphatic carbocycles. The van der Waals surface area contributed by atoms with Crippen LogP contribution in [-0.4, -0.2) is 42.1 Å². The average Bonchev–Trinajstić information content (AvgIpc) is 2.63. The van der Waals surface area contributed by atoms with E-state index in [4.69, 9.17) is 17.0 Å². The van der Waals surface area contributed by atoms with Crippen LogP contribution < -0.4 is 0 Å². The summed E-state index contributed by atoms with van der Waals surface area (Å²) in [5.74, 6) is 0.130. The molecule has 0 saturated heterocycles. The van der Waals surface area contributed by atoms with Gasteiger partial charge in [-0.25, -0.2) is 0 Å². The highest BCUT2D eigenvalue weighted by Crippen LogP contribution is 2.16. The molecule has 6 heteroatoms. The molecule has 0 saturated carbocycles. The van der Waals surface area contributed by atoms with E-state index in [-0.39, 0.29) is 5.91 Å². The third kappa shape index (κ3) is 4.51. The Balaban J connectivity index is 2.56. The zero-order chi connectivity index (χ0) is 13.5. The summed E-state index contributed by atoms with van der Waals surface area (Å²) < 4.78 is 6.01. The molecule has 0 aliphatic rings. The van der Waals surface area contributed by atoms with Gasteiger partial charge in [0.05, 0.1) is 13.0 Å². The number of rotatable bonds is 7. The molecule has 1 heterocycles. The number of amides is 1. The Labute approximate surface area is 117 Å². The van der Waals surface area contributed by atoms with E-state index in [0.29, 0.717) is 32.7 Å². The second-order valence-electron chi connectivity index (χ2n) is 3.91. The Kier molecular flexibility index (Phi) is 6.52. The van der Waals surface area contributed by atoms with Crippen molar-refractivity contribution in [1.82, 2.24) is 9.88 Å². The average molecular weight is 288 g/mol. The summed E-state index contributed by atoms with van der Waals surface area (Å²) >= 11 is 6.55. The van der Waals surface area contributed by atoms with E-state index in [1.54, 1.807) is 0 Å². The van der Waals surface area contributed by atoms with Gasteiger partial charge < -0.3 is 14.6 Å². The first-order chi connectivity index (χ1) is 8.58. The lowest BCUT2D eigenvalue weighted by atomic mass is 10.2. The van der Waals surface area contributed by atoms with Gasteiger partial charge in [-0.05, 0) is 33.0 Å². The second kappa shape index (κ2) is 7.66. The summed E-state index contributed by atoms with van der Waals surface area (Å²) in [5, 5.41) is 0. The van der Waals surface area contributed by atoms with Gasteiger partial charge in [-0.1, -0.05) is 0 Å². The monoisotopic (exact) mass is 288 g/mol. The maximum Gasteiger partial charge on any atom is 0.227 e. The molecule has 0 bridgehead atoms. The van der Waals surface area contributed by atoms with Crippen molar-refractivity contribution in [2.75, 3.05) is 26.3 Å². The molecular weight excluding hydrogens is 268 g/mol. The Bertz CT molecular complexity index is 440. The molecule has 0 spiro atoms. The van der Waals surface area contributed by atoms with Crippen LogP contribution in [0.15, 0.2) is 0 Å². The molecule has 1 aromatic rings. The first-order valence-electron chi connectivity index (χ1n) is 6.12. The van der Waals surface area contributed by atoms with Crippen LogP contribution in [0.4, 0.5) is 0 Å². The number of aromatic amines is 1. The molecule has 0 aliphatic heterocycles. The molecule has 0 unspecified atom stereocenters. The summed E-state index contributed by atoms with van der Waals surface area (Å²) in [6.07, 6.45) is 0.420. The van der Waals surface area contributed by atoms with Crippen LogP contribution in [-0.2, 0) is 16.0 Å². The van der Waals surface area contributed by atoms with Gasteiger partial charge in [0.15, 0.2) is 3.95 Å². The van der Waals surface area contributed by atoms with Crippen molar-refractivity contribution in [3.8, 4) is 0 Å². The van der Waals surface area contributed by atoms with Gasteiger partial charge in [0.1, 0.15) is 0 Å². The van der Waals surface area contributed by atoms with Crippen LogP contribution >= 0.6 is 23.6 Å². The van der Waals surface area contributed by atoms with Crippen LogP contribution in [0.5, 0.6) is 0 Å². The second-order valence-corrected chi connectivity index (χ2v) is 5.68.